The second-order valence-electron chi connectivity index (χ2n) is 14.7. The highest BCUT2D eigenvalue weighted by molar-refractivity contribution is 7.56. The molecule has 22 nitrogen and oxygen atoms in total. The summed E-state index contributed by atoms with van der Waals surface area (Å²) >= 11 is 0. The van der Waals surface area contributed by atoms with Crippen molar-refractivity contribution in [1.29, 1.82) is 10.5 Å². The minimum absolute atomic E-state index is 0.0348. The van der Waals surface area contributed by atoms with Crippen molar-refractivity contribution >= 4 is 49.2 Å². The van der Waals surface area contributed by atoms with E-state index >= 15 is 9.13 Å². The van der Waals surface area contributed by atoms with Gasteiger partial charge >= 0.3 is 15.2 Å². The molecule has 6 unspecified atom stereocenters. The minimum atomic E-state index is -4.51. The molecule has 0 bridgehead atoms. The molecule has 62 heavy (non-hydrogen) atoms. The lowest BCUT2D eigenvalue weighted by atomic mass is 10.0. The van der Waals surface area contributed by atoms with Gasteiger partial charge in [-0.1, -0.05) is 24.3 Å². The Balaban J connectivity index is 1.23. The number of hydrogen-bond acceptors (Lipinski definition) is 18. The van der Waals surface area contributed by atoms with Gasteiger partial charge in [0.15, 0.2) is 28.1 Å². The van der Waals surface area contributed by atoms with Crippen LogP contribution in [0.5, 0.6) is 0 Å². The third kappa shape index (κ3) is 8.25. The Kier molecular flexibility index (Phi) is 13.3. The molecule has 2 aliphatic rings. The van der Waals surface area contributed by atoms with Crippen molar-refractivity contribution in [2.75, 3.05) is 38.4 Å². The van der Waals surface area contributed by atoms with Crippen LogP contribution in [-0.2, 0) is 36.7 Å². The van der Waals surface area contributed by atoms with Gasteiger partial charge in [-0.15, -0.1) is 6.58 Å². The number of benzene rings is 1. The summed E-state index contributed by atoms with van der Waals surface area (Å²) in [6.45, 7) is 4.81. The SMILES string of the molecule is C=CCOP(=O)(OCCC#N)[C@]1(C)CC(n2cnc3c(NC(=O)c4ccccc4)ncnc32)OC1COP(=O)(OCCC#N)[C@]1(C)CC(n2cnc3c(=O)[nH]cnc32)OC1CO. The largest absolute Gasteiger partial charge is 0.394 e. The van der Waals surface area contributed by atoms with Crippen LogP contribution < -0.4 is 10.9 Å². The van der Waals surface area contributed by atoms with E-state index in [1.165, 1.54) is 36.0 Å². The zero-order valence-corrected chi connectivity index (χ0v) is 35.4. The first-order chi connectivity index (χ1) is 29.8. The lowest BCUT2D eigenvalue weighted by Gasteiger charge is -2.38. The van der Waals surface area contributed by atoms with Crippen molar-refractivity contribution in [1.82, 2.24) is 39.0 Å². The third-order valence-electron chi connectivity index (χ3n) is 10.9. The zero-order valence-electron chi connectivity index (χ0n) is 33.6. The summed E-state index contributed by atoms with van der Waals surface area (Å²) in [5.74, 6) is -0.312. The minimum Gasteiger partial charge on any atom is -0.394 e. The molecule has 6 heterocycles. The number of aliphatic hydroxyl groups excluding tert-OH is 1. The van der Waals surface area contributed by atoms with Crippen molar-refractivity contribution in [2.45, 2.75) is 74.5 Å². The number of aliphatic hydroxyl groups is 1. The van der Waals surface area contributed by atoms with Gasteiger partial charge in [-0.25, -0.2) is 24.9 Å². The molecule has 0 radical (unpaired) electrons. The van der Waals surface area contributed by atoms with E-state index in [-0.39, 0.29) is 73.6 Å². The second kappa shape index (κ2) is 18.5. The van der Waals surface area contributed by atoms with Crippen molar-refractivity contribution in [3.05, 3.63) is 84.2 Å². The summed E-state index contributed by atoms with van der Waals surface area (Å²) in [5.41, 5.74) is 0.574. The Bertz CT molecular complexity index is 2680. The third-order valence-corrected chi connectivity index (χ3v) is 16.4. The molecule has 326 valence electrons. The summed E-state index contributed by atoms with van der Waals surface area (Å²) in [6, 6.07) is 12.4. The highest BCUT2D eigenvalue weighted by Gasteiger charge is 2.63. The molecule has 0 aliphatic carbocycles. The molecule has 2 fully saturated rings. The van der Waals surface area contributed by atoms with Gasteiger partial charge in [0.2, 0.25) is 0 Å². The van der Waals surface area contributed by atoms with Gasteiger partial charge in [-0.3, -0.25) is 27.9 Å². The van der Waals surface area contributed by atoms with E-state index in [9.17, 15) is 25.2 Å². The zero-order chi connectivity index (χ0) is 44.1. The summed E-state index contributed by atoms with van der Waals surface area (Å²) in [4.78, 5) is 49.5. The monoisotopic (exact) mass is 891 g/mol. The van der Waals surface area contributed by atoms with Crippen molar-refractivity contribution in [3.63, 3.8) is 0 Å². The lowest BCUT2D eigenvalue weighted by molar-refractivity contribution is -0.0343. The van der Waals surface area contributed by atoms with Gasteiger partial charge in [-0.2, -0.15) is 10.5 Å². The maximum absolute atomic E-state index is 15.4. The van der Waals surface area contributed by atoms with Crippen LogP contribution in [0.25, 0.3) is 22.3 Å². The molecule has 5 aromatic rings. The molecule has 1 aromatic carbocycles. The molecule has 1 amide bonds. The van der Waals surface area contributed by atoms with E-state index in [1.54, 1.807) is 48.7 Å². The average Bonchev–Trinajstić information content (AvgIpc) is 4.07. The van der Waals surface area contributed by atoms with E-state index in [2.05, 4.69) is 41.8 Å². The molecule has 0 spiro atoms. The number of nitrogens with one attached hydrogen (secondary N) is 2. The fourth-order valence-corrected chi connectivity index (χ4v) is 11.9. The number of carbonyl (C=O) groups is 1. The quantitative estimate of drug-likeness (QED) is 0.0572. The highest BCUT2D eigenvalue weighted by Crippen LogP contribution is 2.70. The normalized spacial score (nSPS) is 25.5. The van der Waals surface area contributed by atoms with E-state index in [0.29, 0.717) is 5.56 Å². The van der Waals surface area contributed by atoms with Crippen LogP contribution >= 0.6 is 15.2 Å². The smallest absolute Gasteiger partial charge is 0.339 e. The molecular formula is C38H43N11O11P2. The summed E-state index contributed by atoms with van der Waals surface area (Å²) in [5, 5.41) is 28.9. The van der Waals surface area contributed by atoms with Crippen LogP contribution in [0, 0.1) is 22.7 Å². The number of carbonyl (C=O) groups excluding carboxylic acids is 1. The second-order valence-corrected chi connectivity index (χ2v) is 19.8. The molecule has 4 aromatic heterocycles. The Morgan fingerprint density at radius 1 is 0.919 bits per heavy atom. The number of anilines is 1. The summed E-state index contributed by atoms with van der Waals surface area (Å²) in [6.07, 6.45) is 1.72. The van der Waals surface area contributed by atoms with E-state index < -0.39 is 74.8 Å². The topological polar surface area (TPSA) is 294 Å². The van der Waals surface area contributed by atoms with Gasteiger partial charge in [0.1, 0.15) is 41.3 Å². The van der Waals surface area contributed by atoms with Crippen LogP contribution in [0.4, 0.5) is 5.82 Å². The standard InChI is InChI=1S/C38H43N11O11P2/c1-4-14-55-61(53,56-15-8-12-39)38(3)18-29(48-23-45-30-32(41-21-42-33(30)48)47-35(51)25-10-6-5-7-11-25)60-27(38)20-58-62(54,57-16-9-13-40)37(2)17-28(59-26(37)19-50)49-24-46-31-34(49)43-22-44-36(31)52/h4-7,10-11,21-24,26-29,50H,1,8-9,14-20H2,2-3H3,(H,43,44,52)(H,41,42,47,51)/t26?,27?,28?,29?,37-,38-,61?,62?/m1/s1. The number of H-pyrrole nitrogens is 1. The van der Waals surface area contributed by atoms with Gasteiger partial charge in [0, 0.05) is 18.4 Å². The number of fused-ring (bicyclic) bond motifs is 2. The number of amides is 1. The number of hydrogen-bond donors (Lipinski definition) is 3. The van der Waals surface area contributed by atoms with Gasteiger partial charge in [0.05, 0.1) is 77.0 Å². The predicted molar refractivity (Wildman–Crippen MR) is 218 cm³/mol. The number of aromatic nitrogens is 8. The number of nitriles is 2. The highest BCUT2D eigenvalue weighted by atomic mass is 31.2. The Labute approximate surface area is 353 Å². The first kappa shape index (κ1) is 44.5. The van der Waals surface area contributed by atoms with Gasteiger partial charge in [0.25, 0.3) is 11.5 Å². The molecule has 8 atom stereocenters. The van der Waals surface area contributed by atoms with Gasteiger partial charge in [-0.05, 0) is 26.0 Å². The van der Waals surface area contributed by atoms with E-state index in [1.807, 2.05) is 12.1 Å². The summed E-state index contributed by atoms with van der Waals surface area (Å²) in [7, 11) is -8.83. The molecule has 2 saturated heterocycles. The Hall–Kier alpha value is -5.51. The fraction of sp³-hybridized carbons (Fsp3) is 0.447. The summed E-state index contributed by atoms with van der Waals surface area (Å²) < 4.78 is 70.5. The van der Waals surface area contributed by atoms with Crippen LogP contribution in [0.15, 0.2) is 73.1 Å². The van der Waals surface area contributed by atoms with Crippen LogP contribution in [-0.4, -0.2) is 106 Å². The molecular weight excluding hydrogens is 848 g/mol. The van der Waals surface area contributed by atoms with E-state index in [0.717, 1.165) is 0 Å². The van der Waals surface area contributed by atoms with Gasteiger partial charge < -0.3 is 43.0 Å². The number of aromatic amines is 1. The van der Waals surface area contributed by atoms with Crippen LogP contribution in [0.3, 0.4) is 0 Å². The van der Waals surface area contributed by atoms with E-state index in [4.69, 9.17) is 27.6 Å². The van der Waals surface area contributed by atoms with Crippen molar-refractivity contribution in [3.8, 4) is 12.1 Å². The molecule has 0 saturated carbocycles. The van der Waals surface area contributed by atoms with Crippen molar-refractivity contribution in [2.24, 2.45) is 0 Å². The Morgan fingerprint density at radius 3 is 2.15 bits per heavy atom. The first-order valence-electron chi connectivity index (χ1n) is 19.3. The van der Waals surface area contributed by atoms with Crippen LogP contribution in [0.2, 0.25) is 0 Å². The molecule has 7 rings (SSSR count). The first-order valence-corrected chi connectivity index (χ1v) is 22.4. The molecule has 24 heteroatoms. The maximum atomic E-state index is 15.4. The van der Waals surface area contributed by atoms with Crippen molar-refractivity contribution < 1.29 is 46.6 Å². The average molecular weight is 892 g/mol. The lowest BCUT2D eigenvalue weighted by Crippen LogP contribution is -2.42. The van der Waals surface area contributed by atoms with Crippen LogP contribution in [0.1, 0.15) is 62.3 Å². The number of imidazole rings is 2. The number of nitrogens with zero attached hydrogens (tertiary/aromatic N) is 9. The predicted octanol–water partition coefficient (Wildman–Crippen LogP) is 4.76. The maximum Gasteiger partial charge on any atom is 0.339 e. The fourth-order valence-electron chi connectivity index (χ4n) is 7.50. The Morgan fingerprint density at radius 2 is 1.52 bits per heavy atom. The molecule has 2 aliphatic heterocycles. The number of ether oxygens (including phenoxy) is 2. The number of rotatable bonds is 19. The molecule has 3 N–H and O–H groups in total.